The molecular formula is C43H44ClN7O6S. The number of nitrogens with zero attached hydrogens (tertiary/aromatic N) is 6. The summed E-state index contributed by atoms with van der Waals surface area (Å²) in [6, 6.07) is 16.0. The van der Waals surface area contributed by atoms with Crippen LogP contribution in [0.1, 0.15) is 73.0 Å². The number of oxazole rings is 1. The Labute approximate surface area is 342 Å². The van der Waals surface area contributed by atoms with Crippen molar-refractivity contribution >= 4 is 38.6 Å². The molecule has 2 saturated heterocycles. The van der Waals surface area contributed by atoms with Crippen molar-refractivity contribution in [3.63, 3.8) is 0 Å². The number of carbonyl (C=O) groups is 1. The number of β-amino-alcohol motifs (C(OH)–C–C–N with tert-alkyl or cyclic N) is 1. The van der Waals surface area contributed by atoms with Gasteiger partial charge in [0.1, 0.15) is 22.8 Å². The average Bonchev–Trinajstić information content (AvgIpc) is 3.67. The number of aromatic nitrogens is 3. The average molecular weight is 822 g/mol. The van der Waals surface area contributed by atoms with Gasteiger partial charge in [0.05, 0.1) is 46.4 Å². The highest BCUT2D eigenvalue weighted by molar-refractivity contribution is 7.91. The summed E-state index contributed by atoms with van der Waals surface area (Å²) in [4.78, 5) is 31.9. The molecular weight excluding hydrogens is 778 g/mol. The van der Waals surface area contributed by atoms with Crippen molar-refractivity contribution in [2.75, 3.05) is 33.3 Å². The van der Waals surface area contributed by atoms with Crippen LogP contribution in [-0.2, 0) is 27.8 Å². The Balaban J connectivity index is 0.986. The molecule has 0 radical (unpaired) electrons. The van der Waals surface area contributed by atoms with Gasteiger partial charge in [0.25, 0.3) is 0 Å². The molecule has 1 amide bonds. The summed E-state index contributed by atoms with van der Waals surface area (Å²) in [7, 11) is -2.12. The first-order valence-corrected chi connectivity index (χ1v) is 21.6. The van der Waals surface area contributed by atoms with E-state index in [4.69, 9.17) is 35.7 Å². The largest absolute Gasteiger partial charge is 0.480 e. The minimum absolute atomic E-state index is 0.0378. The van der Waals surface area contributed by atoms with E-state index in [1.165, 1.54) is 0 Å². The number of hydrogen-bond donors (Lipinski definition) is 2. The maximum Gasteiger partial charge on any atom is 0.240 e. The number of nitrogens with one attached hydrogen (secondary N) is 1. The zero-order valence-corrected chi connectivity index (χ0v) is 34.2. The van der Waals surface area contributed by atoms with Crippen LogP contribution in [0.25, 0.3) is 44.9 Å². The number of ether oxygens (including phenoxy) is 1. The quantitative estimate of drug-likeness (QED) is 0.160. The molecule has 5 aromatic rings. The van der Waals surface area contributed by atoms with Gasteiger partial charge in [-0.25, -0.2) is 18.4 Å². The molecule has 3 atom stereocenters. The summed E-state index contributed by atoms with van der Waals surface area (Å²) in [5, 5.41) is 20.9. The second-order valence-electron chi connectivity index (χ2n) is 16.3. The van der Waals surface area contributed by atoms with Crippen LogP contribution in [0.5, 0.6) is 5.88 Å². The molecule has 13 nitrogen and oxygen atoms in total. The first-order valence-electron chi connectivity index (χ1n) is 19.7. The minimum atomic E-state index is -3.71. The number of nitriles is 1. The van der Waals surface area contributed by atoms with Crippen LogP contribution in [0.15, 0.2) is 53.1 Å². The van der Waals surface area contributed by atoms with Crippen molar-refractivity contribution in [2.45, 2.75) is 75.8 Å². The zero-order valence-electron chi connectivity index (χ0n) is 32.6. The lowest BCUT2D eigenvalue weighted by Gasteiger charge is -2.25. The molecule has 0 spiro atoms. The summed E-state index contributed by atoms with van der Waals surface area (Å²) < 4.78 is 39.0. The third-order valence-corrected chi connectivity index (χ3v) is 15.2. The molecule has 58 heavy (non-hydrogen) atoms. The van der Waals surface area contributed by atoms with Crippen molar-refractivity contribution in [2.24, 2.45) is 5.92 Å². The van der Waals surface area contributed by atoms with E-state index >= 15 is 0 Å². The summed E-state index contributed by atoms with van der Waals surface area (Å²) >= 11 is 7.21. The van der Waals surface area contributed by atoms with Gasteiger partial charge in [0, 0.05) is 43.3 Å². The molecule has 2 aliphatic heterocycles. The molecule has 2 aromatic heterocycles. The van der Waals surface area contributed by atoms with Gasteiger partial charge >= 0.3 is 0 Å². The van der Waals surface area contributed by atoms with Crippen LogP contribution in [-0.4, -0.2) is 88.3 Å². The Morgan fingerprint density at radius 1 is 1.09 bits per heavy atom. The lowest BCUT2D eigenvalue weighted by Crippen LogP contribution is -2.42. The molecule has 4 aliphatic rings. The van der Waals surface area contributed by atoms with Gasteiger partial charge in [-0.1, -0.05) is 41.9 Å². The highest BCUT2D eigenvalue weighted by Crippen LogP contribution is 2.46. The van der Waals surface area contributed by atoms with Gasteiger partial charge in [-0.05, 0) is 93.3 Å². The predicted octanol–water partition coefficient (Wildman–Crippen LogP) is 6.34. The van der Waals surface area contributed by atoms with Crippen LogP contribution >= 0.6 is 11.6 Å². The SMILES string of the molecule is COc1nc(-c2cccc(-c3cccc(-c4nc5cc6c(c(C#N)c5o4)CC[C@H]6N4CC[C@@H](C(=O)NS(=O)(=O)C5(C)CC5)C4)c3Cl)c2C)cnc1CN1CC[C@@H](O)C1. The first kappa shape index (κ1) is 38.6. The van der Waals surface area contributed by atoms with Crippen LogP contribution in [0.2, 0.25) is 5.02 Å². The van der Waals surface area contributed by atoms with E-state index in [9.17, 15) is 23.6 Å². The zero-order chi connectivity index (χ0) is 40.5. The van der Waals surface area contributed by atoms with Crippen molar-refractivity contribution in [3.05, 3.63) is 81.6 Å². The topological polar surface area (TPSA) is 175 Å². The van der Waals surface area contributed by atoms with Gasteiger partial charge < -0.3 is 14.3 Å². The number of likely N-dealkylation sites (tertiary alicyclic amines) is 2. The lowest BCUT2D eigenvalue weighted by molar-refractivity contribution is -0.122. The molecule has 0 unspecified atom stereocenters. The van der Waals surface area contributed by atoms with Crippen molar-refractivity contribution in [3.8, 4) is 45.8 Å². The molecule has 9 rings (SSSR count). The fourth-order valence-electron chi connectivity index (χ4n) is 8.89. The van der Waals surface area contributed by atoms with Crippen molar-refractivity contribution in [1.82, 2.24) is 29.5 Å². The number of aliphatic hydroxyl groups is 1. The maximum atomic E-state index is 13.1. The third kappa shape index (κ3) is 6.72. The van der Waals surface area contributed by atoms with Gasteiger partial charge in [-0.2, -0.15) is 5.26 Å². The summed E-state index contributed by atoms with van der Waals surface area (Å²) in [6.07, 6.45) is 5.28. The monoisotopic (exact) mass is 821 g/mol. The minimum Gasteiger partial charge on any atom is -0.480 e. The molecule has 0 bridgehead atoms. The number of fused-ring (bicyclic) bond motifs is 2. The highest BCUT2D eigenvalue weighted by atomic mass is 35.5. The van der Waals surface area contributed by atoms with E-state index in [-0.39, 0.29) is 12.1 Å². The third-order valence-electron chi connectivity index (χ3n) is 12.6. The van der Waals surface area contributed by atoms with E-state index in [2.05, 4.69) is 20.6 Å². The number of rotatable bonds is 10. The number of amides is 1. The molecule has 15 heteroatoms. The molecule has 300 valence electrons. The van der Waals surface area contributed by atoms with Crippen LogP contribution in [0, 0.1) is 24.2 Å². The molecule has 1 saturated carbocycles. The molecule has 3 aromatic carbocycles. The number of hydrogen-bond acceptors (Lipinski definition) is 12. The number of sulfonamides is 1. The molecule has 4 heterocycles. The number of benzene rings is 3. The Morgan fingerprint density at radius 3 is 2.57 bits per heavy atom. The van der Waals surface area contributed by atoms with Crippen LogP contribution < -0.4 is 9.46 Å². The Bertz CT molecular complexity index is 2640. The fraction of sp³-hybridized carbons (Fsp3) is 0.419. The summed E-state index contributed by atoms with van der Waals surface area (Å²) in [5.41, 5.74) is 8.75. The normalized spacial score (nSPS) is 21.6. The van der Waals surface area contributed by atoms with Crippen LogP contribution in [0.3, 0.4) is 0 Å². The van der Waals surface area contributed by atoms with E-state index in [0.717, 1.165) is 52.8 Å². The van der Waals surface area contributed by atoms with Gasteiger partial charge in [-0.15, -0.1) is 0 Å². The number of aliphatic hydroxyl groups excluding tert-OH is 1. The molecule has 2 aliphatic carbocycles. The predicted molar refractivity (Wildman–Crippen MR) is 218 cm³/mol. The van der Waals surface area contributed by atoms with Crippen molar-refractivity contribution < 1.29 is 27.5 Å². The number of carbonyl (C=O) groups excluding carboxylic acids is 1. The van der Waals surface area contributed by atoms with Crippen LogP contribution in [0.4, 0.5) is 0 Å². The molecule has 3 fully saturated rings. The fourth-order valence-corrected chi connectivity index (χ4v) is 10.5. The second kappa shape index (κ2) is 14.7. The van der Waals surface area contributed by atoms with Gasteiger partial charge in [0.2, 0.25) is 27.7 Å². The molecule has 2 N–H and O–H groups in total. The number of halogens is 1. The lowest BCUT2D eigenvalue weighted by atomic mass is 9.94. The Morgan fingerprint density at radius 2 is 1.84 bits per heavy atom. The maximum absolute atomic E-state index is 13.1. The van der Waals surface area contributed by atoms with E-state index in [1.807, 2.05) is 49.4 Å². The van der Waals surface area contributed by atoms with E-state index in [0.29, 0.717) is 102 Å². The smallest absolute Gasteiger partial charge is 0.240 e. The summed E-state index contributed by atoms with van der Waals surface area (Å²) in [5.74, 6) is -0.136. The number of methoxy groups -OCH3 is 1. The Kier molecular flexibility index (Phi) is 9.80. The standard InChI is InChI=1S/C43H44ClN7O6S/c1-24-27(6-4-7-28(24)35-20-46-36(42(48-35)56-3)23-50-16-13-26(52)22-50)30-8-5-9-31(38(30)44)41-47-34-18-32-29(33(19-45)39(34)57-41)10-11-37(32)51-17-12-25(21-51)40(53)49-58(54,55)43(2)14-15-43/h4-9,18,20,25-26,37,52H,10-17,21-23H2,1-3H3,(H,49,53)/t25-,26-,37-/m1/s1. The Hall–Kier alpha value is -4.91. The van der Waals surface area contributed by atoms with Crippen molar-refractivity contribution in [1.29, 1.82) is 5.26 Å². The highest BCUT2D eigenvalue weighted by Gasteiger charge is 2.51. The second-order valence-corrected chi connectivity index (χ2v) is 18.9. The van der Waals surface area contributed by atoms with Gasteiger partial charge in [0.15, 0.2) is 5.58 Å². The summed E-state index contributed by atoms with van der Waals surface area (Å²) in [6.45, 7) is 6.69. The van der Waals surface area contributed by atoms with E-state index < -0.39 is 26.6 Å². The van der Waals surface area contributed by atoms with E-state index in [1.54, 1.807) is 20.2 Å². The first-order chi connectivity index (χ1) is 27.9. The van der Waals surface area contributed by atoms with Gasteiger partial charge in [-0.3, -0.25) is 24.3 Å².